The molecule has 3 atom stereocenters. The lowest BCUT2D eigenvalue weighted by molar-refractivity contribution is -0.127. The fourth-order valence-corrected chi connectivity index (χ4v) is 7.38. The smallest absolute Gasteiger partial charge is 0.262 e. The number of nitrogens with one attached hydrogen (secondary N) is 1. The van der Waals surface area contributed by atoms with Crippen LogP contribution in [0.1, 0.15) is 45.2 Å². The van der Waals surface area contributed by atoms with E-state index in [1.807, 2.05) is 0 Å². The van der Waals surface area contributed by atoms with Gasteiger partial charge in [0.15, 0.2) is 5.78 Å². The van der Waals surface area contributed by atoms with Crippen LogP contribution in [0.5, 0.6) is 0 Å². The number of amides is 2. The topological polar surface area (TPSA) is 145 Å². The minimum Gasteiger partial charge on any atom is -0.398 e. The summed E-state index contributed by atoms with van der Waals surface area (Å²) in [5.74, 6) is -2.63. The highest BCUT2D eigenvalue weighted by atomic mass is 32.1. The van der Waals surface area contributed by atoms with Crippen LogP contribution in [0.4, 0.5) is 14.5 Å². The molecule has 0 radical (unpaired) electrons. The summed E-state index contributed by atoms with van der Waals surface area (Å²) >= 11 is 1.14. The quantitative estimate of drug-likeness (QED) is 0.200. The van der Waals surface area contributed by atoms with Gasteiger partial charge in [-0.2, -0.15) is 0 Å². The minimum atomic E-state index is -1.74. The first-order valence-electron chi connectivity index (χ1n) is 13.8. The van der Waals surface area contributed by atoms with Gasteiger partial charge in [-0.05, 0) is 59.9 Å². The number of benzene rings is 3. The molecule has 7 N–H and O–H groups in total. The number of halogens is 2. The van der Waals surface area contributed by atoms with Crippen molar-refractivity contribution in [2.45, 2.75) is 30.5 Å². The number of nitrogens with zero attached hydrogens (tertiary/aromatic N) is 1. The second-order valence-electron chi connectivity index (χ2n) is 10.9. The van der Waals surface area contributed by atoms with Gasteiger partial charge in [0.1, 0.15) is 17.2 Å². The van der Waals surface area contributed by atoms with E-state index in [1.54, 1.807) is 41.3 Å². The minimum absolute atomic E-state index is 0.146. The van der Waals surface area contributed by atoms with Gasteiger partial charge in [0.05, 0.1) is 15.6 Å². The Hall–Kier alpha value is -4.45. The monoisotopic (exact) mass is 601 g/mol. The molecule has 2 amide bonds. The lowest BCUT2D eigenvalue weighted by atomic mass is 9.70. The molecule has 1 aliphatic heterocycles. The summed E-state index contributed by atoms with van der Waals surface area (Å²) in [4.78, 5) is 41.8. The second-order valence-corrected chi connectivity index (χ2v) is 11.9. The zero-order valence-electron chi connectivity index (χ0n) is 23.0. The Kier molecular flexibility index (Phi) is 7.11. The van der Waals surface area contributed by atoms with Gasteiger partial charge in [-0.25, -0.2) is 8.78 Å². The molecule has 8 nitrogen and oxygen atoms in total. The van der Waals surface area contributed by atoms with Crippen molar-refractivity contribution in [3.05, 3.63) is 100 Å². The summed E-state index contributed by atoms with van der Waals surface area (Å²) in [6.07, 6.45) is 2.65. The fraction of sp³-hybridized carbons (Fsp3) is 0.219. The number of Topliss-reactive ketones (excluding diaryl/α,β-unsaturated/α-hetero) is 1. The SMILES string of the molecule is C=CC(=O)N1CCCC(NC(=O)c2sc3c(N)ccc4c3c2C(N)C(=O)C4(N)c2cccc(-c3ccc(F)cc3F)c2)C1. The zero-order chi connectivity index (χ0) is 30.6. The van der Waals surface area contributed by atoms with Gasteiger partial charge in [-0.15, -0.1) is 11.3 Å². The maximum atomic E-state index is 14.7. The highest BCUT2D eigenvalue weighted by Crippen LogP contribution is 2.49. The molecule has 0 spiro atoms. The molecule has 4 aromatic rings. The third kappa shape index (κ3) is 4.60. The van der Waals surface area contributed by atoms with E-state index >= 15 is 0 Å². The Labute approximate surface area is 250 Å². The lowest BCUT2D eigenvalue weighted by Gasteiger charge is -2.37. The Balaban J connectivity index is 1.44. The molecular weight excluding hydrogens is 572 g/mol. The molecule has 2 heterocycles. The van der Waals surface area contributed by atoms with E-state index in [0.717, 1.165) is 29.9 Å². The Morgan fingerprint density at radius 2 is 1.93 bits per heavy atom. The highest BCUT2D eigenvalue weighted by molar-refractivity contribution is 7.21. The maximum absolute atomic E-state index is 14.7. The molecule has 43 heavy (non-hydrogen) atoms. The molecule has 11 heteroatoms. The van der Waals surface area contributed by atoms with E-state index < -0.39 is 34.9 Å². The first-order chi connectivity index (χ1) is 20.5. The standard InChI is InChI=1S/C32H29F2N5O3S/c1-2-24(40)39-12-4-7-19(15-39)38-31(42)29-26-25-21(10-11-23(35)28(25)43-29)32(37,30(41)27(26)36)17-6-3-5-16(13-17)20-9-8-18(33)14-22(20)34/h2-3,5-6,8-11,13-14,19,27H,1,4,7,12,15,35-37H2,(H,38,42). The third-order valence-electron chi connectivity index (χ3n) is 8.32. The highest BCUT2D eigenvalue weighted by Gasteiger charge is 2.49. The number of nitrogens with two attached hydrogens (primary N) is 3. The van der Waals surface area contributed by atoms with Crippen LogP contribution < -0.4 is 22.5 Å². The normalized spacial score (nSPS) is 21.6. The molecule has 3 unspecified atom stereocenters. The van der Waals surface area contributed by atoms with Crippen molar-refractivity contribution in [2.75, 3.05) is 18.8 Å². The molecule has 1 saturated heterocycles. The fourth-order valence-electron chi connectivity index (χ4n) is 6.18. The summed E-state index contributed by atoms with van der Waals surface area (Å²) in [5, 5.41) is 3.54. The van der Waals surface area contributed by atoms with Crippen molar-refractivity contribution in [3.8, 4) is 11.1 Å². The summed E-state index contributed by atoms with van der Waals surface area (Å²) in [6.45, 7) is 4.46. The van der Waals surface area contributed by atoms with Gasteiger partial charge in [0, 0.05) is 47.4 Å². The van der Waals surface area contributed by atoms with Crippen molar-refractivity contribution in [2.24, 2.45) is 11.5 Å². The zero-order valence-corrected chi connectivity index (χ0v) is 23.8. The Morgan fingerprint density at radius 1 is 1.14 bits per heavy atom. The van der Waals surface area contributed by atoms with E-state index in [9.17, 15) is 23.2 Å². The summed E-state index contributed by atoms with van der Waals surface area (Å²) < 4.78 is 28.8. The van der Waals surface area contributed by atoms with Crippen molar-refractivity contribution in [1.29, 1.82) is 0 Å². The van der Waals surface area contributed by atoms with Crippen LogP contribution in [0.25, 0.3) is 21.2 Å². The van der Waals surface area contributed by atoms with Gasteiger partial charge in [0.2, 0.25) is 5.91 Å². The predicted octanol–water partition coefficient (Wildman–Crippen LogP) is 4.12. The van der Waals surface area contributed by atoms with Gasteiger partial charge in [-0.3, -0.25) is 14.4 Å². The molecule has 1 aliphatic carbocycles. The van der Waals surface area contributed by atoms with Gasteiger partial charge < -0.3 is 27.4 Å². The van der Waals surface area contributed by atoms with Gasteiger partial charge in [-0.1, -0.05) is 30.8 Å². The third-order valence-corrected chi connectivity index (χ3v) is 9.58. The number of carbonyl (C=O) groups is 3. The van der Waals surface area contributed by atoms with Crippen LogP contribution in [0.15, 0.2) is 67.3 Å². The maximum Gasteiger partial charge on any atom is 0.262 e. The molecule has 0 saturated carbocycles. The van der Waals surface area contributed by atoms with Crippen molar-refractivity contribution in [3.63, 3.8) is 0 Å². The van der Waals surface area contributed by atoms with Gasteiger partial charge in [0.25, 0.3) is 5.91 Å². The van der Waals surface area contributed by atoms with Crippen LogP contribution in [-0.2, 0) is 15.1 Å². The molecule has 3 aromatic carbocycles. The first-order valence-corrected chi connectivity index (χ1v) is 14.6. The number of thiophene rings is 1. The Bertz CT molecular complexity index is 1840. The number of hydrogen-bond donors (Lipinski definition) is 4. The number of anilines is 1. The van der Waals surface area contributed by atoms with Gasteiger partial charge >= 0.3 is 0 Å². The van der Waals surface area contributed by atoms with E-state index in [-0.39, 0.29) is 22.4 Å². The molecule has 0 bridgehead atoms. The molecule has 6 rings (SSSR count). The molecule has 1 fully saturated rings. The van der Waals surface area contributed by atoms with Crippen LogP contribution in [0, 0.1) is 11.6 Å². The van der Waals surface area contributed by atoms with Crippen LogP contribution in [0.2, 0.25) is 0 Å². The van der Waals surface area contributed by atoms with Crippen molar-refractivity contribution >= 4 is 44.7 Å². The first kappa shape index (κ1) is 28.7. The number of piperidine rings is 1. The number of likely N-dealkylation sites (tertiary alicyclic amines) is 1. The van der Waals surface area contributed by atoms with E-state index in [2.05, 4.69) is 11.9 Å². The average Bonchev–Trinajstić information content (AvgIpc) is 3.41. The molecule has 1 aromatic heterocycles. The van der Waals surface area contributed by atoms with Crippen LogP contribution in [0.3, 0.4) is 0 Å². The van der Waals surface area contributed by atoms with E-state index in [4.69, 9.17) is 17.2 Å². The summed E-state index contributed by atoms with van der Waals surface area (Å²) in [6, 6.07) is 11.5. The molecular formula is C32H29F2N5O3S. The largest absolute Gasteiger partial charge is 0.398 e. The molecule has 220 valence electrons. The predicted molar refractivity (Wildman–Crippen MR) is 162 cm³/mol. The van der Waals surface area contributed by atoms with E-state index in [1.165, 1.54) is 12.1 Å². The number of rotatable bonds is 5. The second kappa shape index (κ2) is 10.7. The Morgan fingerprint density at radius 3 is 2.67 bits per heavy atom. The van der Waals surface area contributed by atoms with E-state index in [0.29, 0.717) is 57.5 Å². The summed E-state index contributed by atoms with van der Waals surface area (Å²) in [7, 11) is 0. The van der Waals surface area contributed by atoms with Crippen LogP contribution >= 0.6 is 11.3 Å². The number of hydrogen-bond acceptors (Lipinski definition) is 7. The van der Waals surface area contributed by atoms with Crippen molar-refractivity contribution in [1.82, 2.24) is 10.2 Å². The average molecular weight is 602 g/mol. The number of nitrogen functional groups attached to an aromatic ring is 1. The lowest BCUT2D eigenvalue weighted by Crippen LogP contribution is -2.53. The number of carbonyl (C=O) groups excluding carboxylic acids is 3. The van der Waals surface area contributed by atoms with Crippen LogP contribution in [-0.4, -0.2) is 41.6 Å². The summed E-state index contributed by atoms with van der Waals surface area (Å²) in [5.41, 5.74) is 20.3. The molecule has 2 aliphatic rings. The van der Waals surface area contributed by atoms with Crippen molar-refractivity contribution < 1.29 is 23.2 Å². The number of ketones is 1.